The summed E-state index contributed by atoms with van der Waals surface area (Å²) < 4.78 is 0. The number of nitrogens with zero attached hydrogens (tertiary/aromatic N) is 1. The van der Waals surface area contributed by atoms with Crippen LogP contribution in [0.1, 0.15) is 29.2 Å². The molecule has 1 saturated heterocycles. The van der Waals surface area contributed by atoms with Crippen molar-refractivity contribution in [3.8, 4) is 0 Å². The molecule has 1 fully saturated rings. The van der Waals surface area contributed by atoms with Crippen LogP contribution in [0.2, 0.25) is 0 Å². The molecule has 0 aromatic carbocycles. The zero-order chi connectivity index (χ0) is 9.42. The molecule has 0 saturated carbocycles. The third-order valence-corrected chi connectivity index (χ3v) is 3.79. The molecular formula is C9H15N3S. The maximum absolute atomic E-state index is 4.21. The van der Waals surface area contributed by atoms with Gasteiger partial charge in [-0.15, -0.1) is 11.8 Å². The first-order chi connectivity index (χ1) is 6.18. The van der Waals surface area contributed by atoms with Crippen molar-refractivity contribution in [3.63, 3.8) is 0 Å². The second-order valence-electron chi connectivity index (χ2n) is 3.63. The standard InChI is InChI=1S/C9H15N3S/c1-5-4-13-9(10-5)8-6(2)11-12-7(8)3/h5,9-10H,4H2,1-3H3,(H,11,12). The zero-order valence-corrected chi connectivity index (χ0v) is 9.03. The van der Waals surface area contributed by atoms with Crippen LogP contribution in [0.15, 0.2) is 0 Å². The minimum absolute atomic E-state index is 0.439. The fraction of sp³-hybridized carbons (Fsp3) is 0.667. The summed E-state index contributed by atoms with van der Waals surface area (Å²) in [6.07, 6.45) is 0. The lowest BCUT2D eigenvalue weighted by Crippen LogP contribution is -2.22. The third kappa shape index (κ3) is 1.60. The first kappa shape index (κ1) is 9.09. The van der Waals surface area contributed by atoms with Gasteiger partial charge in [-0.25, -0.2) is 0 Å². The van der Waals surface area contributed by atoms with E-state index in [0.717, 1.165) is 5.69 Å². The molecule has 0 spiro atoms. The zero-order valence-electron chi connectivity index (χ0n) is 8.22. The Kier molecular flexibility index (Phi) is 2.34. The SMILES string of the molecule is Cc1n[nH]c(C)c1C1NC(C)CS1. The van der Waals surface area contributed by atoms with Crippen molar-refractivity contribution in [2.45, 2.75) is 32.2 Å². The molecule has 0 aliphatic carbocycles. The number of hydrogen-bond donors (Lipinski definition) is 2. The normalized spacial score (nSPS) is 28.2. The van der Waals surface area contributed by atoms with Gasteiger partial charge < -0.3 is 0 Å². The monoisotopic (exact) mass is 197 g/mol. The highest BCUT2D eigenvalue weighted by Gasteiger charge is 2.26. The number of thioether (sulfide) groups is 1. The minimum atomic E-state index is 0.439. The average Bonchev–Trinajstić information content (AvgIpc) is 2.60. The van der Waals surface area contributed by atoms with E-state index in [0.29, 0.717) is 11.4 Å². The Hall–Kier alpha value is -0.480. The Morgan fingerprint density at radius 2 is 2.23 bits per heavy atom. The maximum Gasteiger partial charge on any atom is 0.0828 e. The molecule has 3 nitrogen and oxygen atoms in total. The van der Waals surface area contributed by atoms with Gasteiger partial charge in [0.2, 0.25) is 0 Å². The van der Waals surface area contributed by atoms with Crippen molar-refractivity contribution in [3.05, 3.63) is 17.0 Å². The van der Waals surface area contributed by atoms with E-state index < -0.39 is 0 Å². The van der Waals surface area contributed by atoms with E-state index in [1.165, 1.54) is 17.0 Å². The second kappa shape index (κ2) is 3.35. The lowest BCUT2D eigenvalue weighted by atomic mass is 10.2. The second-order valence-corrected chi connectivity index (χ2v) is 4.77. The highest BCUT2D eigenvalue weighted by Crippen LogP contribution is 2.35. The van der Waals surface area contributed by atoms with Crippen LogP contribution in [0, 0.1) is 13.8 Å². The molecule has 1 aliphatic rings. The smallest absolute Gasteiger partial charge is 0.0828 e. The van der Waals surface area contributed by atoms with Crippen molar-refractivity contribution in [2.75, 3.05) is 5.75 Å². The van der Waals surface area contributed by atoms with Crippen molar-refractivity contribution in [2.24, 2.45) is 0 Å². The van der Waals surface area contributed by atoms with Crippen LogP contribution in [0.3, 0.4) is 0 Å². The van der Waals surface area contributed by atoms with Crippen LogP contribution in [0.5, 0.6) is 0 Å². The van der Waals surface area contributed by atoms with E-state index >= 15 is 0 Å². The molecule has 1 aromatic rings. The van der Waals surface area contributed by atoms with E-state index in [1.807, 2.05) is 11.8 Å². The van der Waals surface area contributed by atoms with Gasteiger partial charge in [-0.3, -0.25) is 10.4 Å². The van der Waals surface area contributed by atoms with Crippen molar-refractivity contribution in [1.29, 1.82) is 0 Å². The lowest BCUT2D eigenvalue weighted by molar-refractivity contribution is 0.615. The Bertz CT molecular complexity index is 288. The summed E-state index contributed by atoms with van der Waals surface area (Å²) >= 11 is 1.97. The fourth-order valence-corrected chi connectivity index (χ4v) is 3.13. The summed E-state index contributed by atoms with van der Waals surface area (Å²) in [6.45, 7) is 6.36. The van der Waals surface area contributed by atoms with Gasteiger partial charge in [0.25, 0.3) is 0 Å². The van der Waals surface area contributed by atoms with Gasteiger partial charge in [0.1, 0.15) is 0 Å². The van der Waals surface area contributed by atoms with E-state index in [2.05, 4.69) is 36.3 Å². The molecule has 13 heavy (non-hydrogen) atoms. The number of nitrogens with one attached hydrogen (secondary N) is 2. The van der Waals surface area contributed by atoms with Gasteiger partial charge in [-0.1, -0.05) is 0 Å². The van der Waals surface area contributed by atoms with E-state index in [1.54, 1.807) is 0 Å². The number of rotatable bonds is 1. The Morgan fingerprint density at radius 3 is 2.69 bits per heavy atom. The van der Waals surface area contributed by atoms with Crippen molar-refractivity contribution >= 4 is 11.8 Å². The van der Waals surface area contributed by atoms with Gasteiger partial charge >= 0.3 is 0 Å². The highest BCUT2D eigenvalue weighted by molar-refractivity contribution is 7.99. The predicted molar refractivity (Wildman–Crippen MR) is 55.9 cm³/mol. The number of aromatic nitrogens is 2. The molecule has 1 aliphatic heterocycles. The van der Waals surface area contributed by atoms with E-state index in [9.17, 15) is 0 Å². The molecule has 0 radical (unpaired) electrons. The molecule has 1 aromatic heterocycles. The van der Waals surface area contributed by atoms with E-state index in [4.69, 9.17) is 0 Å². The summed E-state index contributed by atoms with van der Waals surface area (Å²) in [6, 6.07) is 0.615. The van der Waals surface area contributed by atoms with Crippen LogP contribution < -0.4 is 5.32 Å². The first-order valence-electron chi connectivity index (χ1n) is 4.57. The Labute approximate surface area is 82.7 Å². The highest BCUT2D eigenvalue weighted by atomic mass is 32.2. The van der Waals surface area contributed by atoms with Crippen LogP contribution in [-0.4, -0.2) is 22.0 Å². The van der Waals surface area contributed by atoms with Crippen LogP contribution in [0.25, 0.3) is 0 Å². The summed E-state index contributed by atoms with van der Waals surface area (Å²) in [4.78, 5) is 0. The van der Waals surface area contributed by atoms with E-state index in [-0.39, 0.29) is 0 Å². The van der Waals surface area contributed by atoms with Crippen LogP contribution >= 0.6 is 11.8 Å². The molecule has 2 atom stereocenters. The molecule has 72 valence electrons. The van der Waals surface area contributed by atoms with Gasteiger partial charge in [0, 0.05) is 23.1 Å². The van der Waals surface area contributed by atoms with Gasteiger partial charge in [0.15, 0.2) is 0 Å². The third-order valence-electron chi connectivity index (χ3n) is 2.40. The van der Waals surface area contributed by atoms with Crippen LogP contribution in [-0.2, 0) is 0 Å². The number of aromatic amines is 1. The molecule has 4 heteroatoms. The number of aryl methyl sites for hydroxylation is 2. The quantitative estimate of drug-likeness (QED) is 0.720. The van der Waals surface area contributed by atoms with Gasteiger partial charge in [-0.05, 0) is 20.8 Å². The Balaban J connectivity index is 2.25. The largest absolute Gasteiger partial charge is 0.298 e. The molecule has 0 amide bonds. The van der Waals surface area contributed by atoms with Crippen LogP contribution in [0.4, 0.5) is 0 Å². The molecule has 2 N–H and O–H groups in total. The van der Waals surface area contributed by atoms with Crippen molar-refractivity contribution in [1.82, 2.24) is 15.5 Å². The number of hydrogen-bond acceptors (Lipinski definition) is 3. The Morgan fingerprint density at radius 1 is 1.46 bits per heavy atom. The maximum atomic E-state index is 4.21. The molecular weight excluding hydrogens is 182 g/mol. The summed E-state index contributed by atoms with van der Waals surface area (Å²) in [7, 11) is 0. The fourth-order valence-electron chi connectivity index (χ4n) is 1.71. The topological polar surface area (TPSA) is 40.7 Å². The molecule has 2 rings (SSSR count). The minimum Gasteiger partial charge on any atom is -0.298 e. The van der Waals surface area contributed by atoms with Crippen molar-refractivity contribution < 1.29 is 0 Å². The molecule has 0 bridgehead atoms. The number of H-pyrrole nitrogens is 1. The predicted octanol–water partition coefficient (Wildman–Crippen LogP) is 1.75. The molecule has 2 unspecified atom stereocenters. The summed E-state index contributed by atoms with van der Waals surface area (Å²) in [5.74, 6) is 1.19. The lowest BCUT2D eigenvalue weighted by Gasteiger charge is -2.10. The van der Waals surface area contributed by atoms with Gasteiger partial charge in [0.05, 0.1) is 11.1 Å². The molecule has 2 heterocycles. The van der Waals surface area contributed by atoms with Gasteiger partial charge in [-0.2, -0.15) is 5.10 Å². The summed E-state index contributed by atoms with van der Waals surface area (Å²) in [5, 5.41) is 11.2. The first-order valence-corrected chi connectivity index (χ1v) is 5.62. The average molecular weight is 197 g/mol. The summed E-state index contributed by atoms with van der Waals surface area (Å²) in [5.41, 5.74) is 3.66.